The van der Waals surface area contributed by atoms with Crippen LogP contribution < -0.4 is 14.5 Å². The highest BCUT2D eigenvalue weighted by Crippen LogP contribution is 2.42. The van der Waals surface area contributed by atoms with Gasteiger partial charge in [-0.05, 0) is 49.7 Å². The van der Waals surface area contributed by atoms with Gasteiger partial charge in [-0.1, -0.05) is 24.3 Å². The maximum Gasteiger partial charge on any atom is 0.231 e. The molecule has 0 bridgehead atoms. The summed E-state index contributed by atoms with van der Waals surface area (Å²) < 4.78 is 8.04. The molecule has 0 radical (unpaired) electrons. The van der Waals surface area contributed by atoms with Crippen LogP contribution in [0.4, 0.5) is 11.4 Å². The molecule has 0 unspecified atom stereocenters. The zero-order valence-electron chi connectivity index (χ0n) is 16.9. The first-order chi connectivity index (χ1) is 14.1. The minimum absolute atomic E-state index is 0.136. The SMILES string of the molecule is Cc1cc(CC(=O)N2CCN3CCOc4cccc2c43)c(C)n1-c1ccccc1. The first-order valence-electron chi connectivity index (χ1n) is 10.2. The van der Waals surface area contributed by atoms with E-state index in [0.717, 1.165) is 52.9 Å². The van der Waals surface area contributed by atoms with Crippen LogP contribution in [0.2, 0.25) is 0 Å². The molecule has 5 nitrogen and oxygen atoms in total. The van der Waals surface area contributed by atoms with Gasteiger partial charge in [0.25, 0.3) is 0 Å². The molecule has 148 valence electrons. The monoisotopic (exact) mass is 387 g/mol. The Balaban J connectivity index is 1.45. The summed E-state index contributed by atoms with van der Waals surface area (Å²) in [5, 5.41) is 0. The quantitative estimate of drug-likeness (QED) is 0.684. The maximum atomic E-state index is 13.3. The number of nitrogens with zero attached hydrogens (tertiary/aromatic N) is 3. The first-order valence-corrected chi connectivity index (χ1v) is 10.2. The third kappa shape index (κ3) is 2.97. The van der Waals surface area contributed by atoms with Crippen LogP contribution in [0.3, 0.4) is 0 Å². The summed E-state index contributed by atoms with van der Waals surface area (Å²) in [6, 6.07) is 18.4. The summed E-state index contributed by atoms with van der Waals surface area (Å²) in [5.41, 5.74) is 6.51. The van der Waals surface area contributed by atoms with Gasteiger partial charge in [-0.25, -0.2) is 0 Å². The van der Waals surface area contributed by atoms with Crippen molar-refractivity contribution >= 4 is 17.3 Å². The fourth-order valence-electron chi connectivity index (χ4n) is 4.61. The molecule has 2 aromatic carbocycles. The zero-order chi connectivity index (χ0) is 20.0. The van der Waals surface area contributed by atoms with E-state index < -0.39 is 0 Å². The predicted molar refractivity (Wildman–Crippen MR) is 115 cm³/mol. The van der Waals surface area contributed by atoms with Crippen molar-refractivity contribution in [1.82, 2.24) is 4.57 Å². The summed E-state index contributed by atoms with van der Waals surface area (Å²) in [7, 11) is 0. The molecule has 1 aromatic heterocycles. The zero-order valence-corrected chi connectivity index (χ0v) is 16.9. The molecular weight excluding hydrogens is 362 g/mol. The third-order valence-electron chi connectivity index (χ3n) is 5.99. The lowest BCUT2D eigenvalue weighted by Crippen LogP contribution is -2.47. The van der Waals surface area contributed by atoms with Gasteiger partial charge in [0, 0.05) is 30.2 Å². The summed E-state index contributed by atoms with van der Waals surface area (Å²) in [6.45, 7) is 7.34. The van der Waals surface area contributed by atoms with E-state index in [9.17, 15) is 4.79 Å². The van der Waals surface area contributed by atoms with E-state index in [1.54, 1.807) is 0 Å². The number of carbonyl (C=O) groups is 1. The van der Waals surface area contributed by atoms with Crippen LogP contribution in [0.1, 0.15) is 17.0 Å². The van der Waals surface area contributed by atoms with Gasteiger partial charge in [0.1, 0.15) is 18.0 Å². The largest absolute Gasteiger partial charge is 0.489 e. The van der Waals surface area contributed by atoms with Crippen LogP contribution >= 0.6 is 0 Å². The molecule has 0 atom stereocenters. The minimum atomic E-state index is 0.136. The van der Waals surface area contributed by atoms with E-state index in [0.29, 0.717) is 19.6 Å². The van der Waals surface area contributed by atoms with Crippen LogP contribution in [0.5, 0.6) is 5.75 Å². The van der Waals surface area contributed by atoms with Gasteiger partial charge in [0.05, 0.1) is 18.7 Å². The summed E-state index contributed by atoms with van der Waals surface area (Å²) in [5.74, 6) is 1.02. The molecule has 3 aromatic rings. The van der Waals surface area contributed by atoms with Gasteiger partial charge in [-0.15, -0.1) is 0 Å². The lowest BCUT2D eigenvalue weighted by Gasteiger charge is -2.41. The highest BCUT2D eigenvalue weighted by molar-refractivity contribution is 6.00. The number of hydrogen-bond acceptors (Lipinski definition) is 3. The number of amides is 1. The van der Waals surface area contributed by atoms with E-state index in [-0.39, 0.29) is 5.91 Å². The van der Waals surface area contributed by atoms with E-state index >= 15 is 0 Å². The van der Waals surface area contributed by atoms with Crippen LogP contribution in [-0.2, 0) is 11.2 Å². The van der Waals surface area contributed by atoms with Gasteiger partial charge >= 0.3 is 0 Å². The molecule has 5 heteroatoms. The smallest absolute Gasteiger partial charge is 0.231 e. The molecule has 0 aliphatic carbocycles. The lowest BCUT2D eigenvalue weighted by molar-refractivity contribution is -0.118. The van der Waals surface area contributed by atoms with E-state index in [4.69, 9.17) is 4.74 Å². The number of carbonyl (C=O) groups excluding carboxylic acids is 1. The number of ether oxygens (including phenoxy) is 1. The Morgan fingerprint density at radius 1 is 1.00 bits per heavy atom. The van der Waals surface area contributed by atoms with Crippen molar-refractivity contribution in [2.75, 3.05) is 36.0 Å². The number of benzene rings is 2. The maximum absolute atomic E-state index is 13.3. The highest BCUT2D eigenvalue weighted by Gasteiger charge is 2.31. The van der Waals surface area contributed by atoms with E-state index in [1.807, 2.05) is 41.3 Å². The number of aromatic nitrogens is 1. The van der Waals surface area contributed by atoms with Crippen molar-refractivity contribution in [3.63, 3.8) is 0 Å². The lowest BCUT2D eigenvalue weighted by atomic mass is 10.1. The van der Waals surface area contributed by atoms with Gasteiger partial charge < -0.3 is 19.1 Å². The fourth-order valence-corrected chi connectivity index (χ4v) is 4.61. The second-order valence-corrected chi connectivity index (χ2v) is 7.75. The van der Waals surface area contributed by atoms with Crippen molar-refractivity contribution < 1.29 is 9.53 Å². The summed E-state index contributed by atoms with van der Waals surface area (Å²) in [6.07, 6.45) is 0.400. The Kier molecular flexibility index (Phi) is 4.31. The summed E-state index contributed by atoms with van der Waals surface area (Å²) >= 11 is 0. The number of rotatable bonds is 3. The number of para-hydroxylation sites is 2. The van der Waals surface area contributed by atoms with Crippen molar-refractivity contribution in [2.24, 2.45) is 0 Å². The third-order valence-corrected chi connectivity index (χ3v) is 5.99. The number of aryl methyl sites for hydroxylation is 1. The minimum Gasteiger partial charge on any atom is -0.489 e. The molecule has 0 saturated heterocycles. The molecular formula is C24H25N3O2. The van der Waals surface area contributed by atoms with Gasteiger partial charge in [0.15, 0.2) is 0 Å². The summed E-state index contributed by atoms with van der Waals surface area (Å²) in [4.78, 5) is 17.6. The normalized spacial score (nSPS) is 15.1. The molecule has 0 spiro atoms. The standard InChI is InChI=1S/C24H25N3O2/c1-17-15-19(18(2)27(17)20-7-4-3-5-8-20)16-23(28)26-12-11-25-13-14-29-22-10-6-9-21(26)24(22)25/h3-10,15H,11-14,16H2,1-2H3. The predicted octanol–water partition coefficient (Wildman–Crippen LogP) is 3.88. The molecule has 29 heavy (non-hydrogen) atoms. The average molecular weight is 387 g/mol. The van der Waals surface area contributed by atoms with Gasteiger partial charge in [0.2, 0.25) is 5.91 Å². The van der Waals surface area contributed by atoms with Gasteiger partial charge in [-0.3, -0.25) is 4.79 Å². The molecule has 3 heterocycles. The molecule has 0 fully saturated rings. The molecule has 0 N–H and O–H groups in total. The number of anilines is 2. The van der Waals surface area contributed by atoms with Crippen molar-refractivity contribution in [3.05, 3.63) is 71.5 Å². The molecule has 0 saturated carbocycles. The van der Waals surface area contributed by atoms with Crippen molar-refractivity contribution in [1.29, 1.82) is 0 Å². The Morgan fingerprint density at radius 2 is 1.83 bits per heavy atom. The molecule has 5 rings (SSSR count). The molecule has 2 aliphatic rings. The van der Waals surface area contributed by atoms with E-state index in [1.165, 1.54) is 0 Å². The highest BCUT2D eigenvalue weighted by atomic mass is 16.5. The second-order valence-electron chi connectivity index (χ2n) is 7.75. The van der Waals surface area contributed by atoms with Crippen molar-refractivity contribution in [3.8, 4) is 11.4 Å². The molecule has 2 aliphatic heterocycles. The fraction of sp³-hybridized carbons (Fsp3) is 0.292. The Bertz CT molecular complexity index is 1070. The number of hydrogen-bond donors (Lipinski definition) is 0. The van der Waals surface area contributed by atoms with E-state index in [2.05, 4.69) is 41.5 Å². The second kappa shape index (κ2) is 6.99. The van der Waals surface area contributed by atoms with Crippen LogP contribution in [0.25, 0.3) is 5.69 Å². The van der Waals surface area contributed by atoms with Crippen LogP contribution in [0, 0.1) is 13.8 Å². The topological polar surface area (TPSA) is 37.7 Å². The van der Waals surface area contributed by atoms with Crippen molar-refractivity contribution in [2.45, 2.75) is 20.3 Å². The molecule has 1 amide bonds. The van der Waals surface area contributed by atoms with Gasteiger partial charge in [-0.2, -0.15) is 0 Å². The first kappa shape index (κ1) is 17.9. The average Bonchev–Trinajstić information content (AvgIpc) is 3.02. The van der Waals surface area contributed by atoms with Crippen LogP contribution in [-0.4, -0.2) is 36.7 Å². The Hall–Kier alpha value is -3.21. The Labute approximate surface area is 171 Å². The Morgan fingerprint density at radius 3 is 2.66 bits per heavy atom. The van der Waals surface area contributed by atoms with Crippen LogP contribution in [0.15, 0.2) is 54.6 Å².